The lowest BCUT2D eigenvalue weighted by atomic mass is 10.1. The zero-order chi connectivity index (χ0) is 47.5. The van der Waals surface area contributed by atoms with Gasteiger partial charge in [-0.3, -0.25) is 4.55 Å². The van der Waals surface area contributed by atoms with Crippen molar-refractivity contribution in [2.24, 2.45) is 30.7 Å². The number of anilines is 3. The molecule has 7 rings (SSSR count). The molecule has 0 atom stereocenters. The average molecular weight is 996 g/mol. The lowest BCUT2D eigenvalue weighted by molar-refractivity contribution is -0.432. The molecule has 26 nitrogen and oxygen atoms in total. The van der Waals surface area contributed by atoms with Gasteiger partial charge in [-0.05, 0) is 84.2 Å². The molecule has 1 heterocycles. The lowest BCUT2D eigenvalue weighted by Gasteiger charge is -2.13. The molecule has 0 saturated heterocycles. The number of fused-ring (bicyclic) bond motifs is 2. The van der Waals surface area contributed by atoms with Crippen molar-refractivity contribution in [3.05, 3.63) is 91.0 Å². The van der Waals surface area contributed by atoms with Gasteiger partial charge in [-0.15, -0.1) is 33.5 Å². The Morgan fingerprint density at radius 2 is 1.25 bits per heavy atom. The first kappa shape index (κ1) is 48.2. The lowest BCUT2D eigenvalue weighted by Crippen LogP contribution is -2.03. The summed E-state index contributed by atoms with van der Waals surface area (Å²) in [7, 11) is -2.00. The van der Waals surface area contributed by atoms with Gasteiger partial charge in [0.2, 0.25) is 11.9 Å². The van der Waals surface area contributed by atoms with Gasteiger partial charge in [0.05, 0.1) is 65.2 Å². The molecule has 0 unspecified atom stereocenters. The molecule has 1 aromatic heterocycles. The van der Waals surface area contributed by atoms with Crippen LogP contribution in [-0.2, 0) is 38.2 Å². The van der Waals surface area contributed by atoms with E-state index in [0.717, 1.165) is 18.1 Å². The molecule has 0 fully saturated rings. The zero-order valence-corrected chi connectivity index (χ0v) is 36.9. The molecule has 7 aromatic rings. The summed E-state index contributed by atoms with van der Waals surface area (Å²) in [6.45, 7) is 0. The van der Waals surface area contributed by atoms with E-state index in [2.05, 4.69) is 80.1 Å². The summed E-state index contributed by atoms with van der Waals surface area (Å²) in [5.74, 6) is -0.168. The second-order valence-electron chi connectivity index (χ2n) is 12.7. The van der Waals surface area contributed by atoms with E-state index in [1.54, 1.807) is 73.8 Å². The number of phenols is 1. The van der Waals surface area contributed by atoms with Gasteiger partial charge in [0.15, 0.2) is 5.75 Å². The maximum Gasteiger partial charge on any atom is 0.320 e. The highest BCUT2D eigenvalue weighted by Gasteiger charge is 2.21. The zero-order valence-electron chi connectivity index (χ0n) is 33.7. The Balaban J connectivity index is 1.26. The van der Waals surface area contributed by atoms with E-state index in [-0.39, 0.29) is 56.7 Å². The Morgan fingerprint density at radius 1 is 0.612 bits per heavy atom. The molecule has 67 heavy (non-hydrogen) atoms. The molecular formula is C37H29N11O15S4. The van der Waals surface area contributed by atoms with Gasteiger partial charge in [-0.25, -0.2) is 15.8 Å². The van der Waals surface area contributed by atoms with E-state index in [4.69, 9.17) is 24.8 Å². The van der Waals surface area contributed by atoms with Crippen LogP contribution in [-0.4, -0.2) is 68.1 Å². The third kappa shape index (κ3) is 12.0. The minimum Gasteiger partial charge on any atom is -0.505 e. The second kappa shape index (κ2) is 22.2. The fourth-order valence-corrected chi connectivity index (χ4v) is 7.79. The average Bonchev–Trinajstić information content (AvgIpc) is 3.32. The minimum absolute atomic E-state index is 0.0194. The van der Waals surface area contributed by atoms with Crippen LogP contribution in [0.5, 0.6) is 17.5 Å². The molecule has 0 aliphatic rings. The maximum atomic E-state index is 12.6. The van der Waals surface area contributed by atoms with Gasteiger partial charge in [0.1, 0.15) is 27.7 Å². The second-order valence-corrected chi connectivity index (χ2v) is 16.4. The van der Waals surface area contributed by atoms with E-state index in [1.807, 2.05) is 0 Å². The molecule has 346 valence electrons. The quantitative estimate of drug-likeness (QED) is 0.0116. The smallest absolute Gasteiger partial charge is 0.320 e. The van der Waals surface area contributed by atoms with Crippen molar-refractivity contribution in [2.75, 3.05) is 24.8 Å². The third-order valence-corrected chi connectivity index (χ3v) is 11.4. The molecule has 0 amide bonds. The van der Waals surface area contributed by atoms with Crippen LogP contribution >= 0.6 is 36.1 Å². The van der Waals surface area contributed by atoms with Crippen molar-refractivity contribution in [3.63, 3.8) is 0 Å². The number of ether oxygens (including phenoxy) is 1. The number of hydrogen-bond acceptors (Lipinski definition) is 28. The number of benzene rings is 6. The summed E-state index contributed by atoms with van der Waals surface area (Å²) in [5, 5.41) is 91.2. The van der Waals surface area contributed by atoms with Gasteiger partial charge >= 0.3 is 6.01 Å². The summed E-state index contributed by atoms with van der Waals surface area (Å²) >= 11 is 1.85. The van der Waals surface area contributed by atoms with Crippen molar-refractivity contribution >= 4 is 119 Å². The molecule has 8 N–H and O–H groups in total. The normalized spacial score (nSPS) is 12.0. The predicted molar refractivity (Wildman–Crippen MR) is 238 cm³/mol. The molecule has 0 bridgehead atoms. The highest BCUT2D eigenvalue weighted by atomic mass is 32.2. The predicted octanol–water partition coefficient (Wildman–Crippen LogP) is 11.2. The number of aromatic nitrogens is 3. The molecule has 0 aliphatic heterocycles. The van der Waals surface area contributed by atoms with Crippen LogP contribution in [0.4, 0.5) is 51.7 Å². The van der Waals surface area contributed by atoms with Crippen molar-refractivity contribution in [1.82, 2.24) is 15.0 Å². The standard InChI is InChI=1S/C37H29N11O15S4/c1-38-35-40-36(42-37(50)41-35)39-20-5-10-24-18(13-20)14-30(66-63-60-53)33(34(24)49)48-47-32-25-11-9-23(65-62-59-52)16-26(25)28(17-29(32)57-2)46-45-27-12-6-21(15-31(27)67(54,55)56)44-43-19-3-7-22(8-4-19)64-61-58-51/h3-17,49,51-53H,1-2H3,(H,54,55,56)(H3,38,39,40,41,42,50). The van der Waals surface area contributed by atoms with Crippen LogP contribution < -0.4 is 15.4 Å². The number of nitrogens with zero attached hydrogens (tertiary/aromatic N) is 9. The largest absolute Gasteiger partial charge is 0.505 e. The fourth-order valence-electron chi connectivity index (χ4n) is 5.90. The van der Waals surface area contributed by atoms with Crippen molar-refractivity contribution in [1.29, 1.82) is 0 Å². The van der Waals surface area contributed by atoms with Crippen molar-refractivity contribution in [2.45, 2.75) is 19.6 Å². The fraction of sp³-hybridized carbons (Fsp3) is 0.0541. The Labute approximate surface area is 388 Å². The molecule has 0 spiro atoms. The summed E-state index contributed by atoms with van der Waals surface area (Å²) in [6, 6.07) is 21.9. The van der Waals surface area contributed by atoms with E-state index in [0.29, 0.717) is 66.8 Å². The first-order chi connectivity index (χ1) is 32.4. The first-order valence-corrected chi connectivity index (χ1v) is 21.8. The van der Waals surface area contributed by atoms with Crippen LogP contribution in [0.1, 0.15) is 0 Å². The molecule has 6 aromatic carbocycles. The summed E-state index contributed by atoms with van der Waals surface area (Å²) < 4.78 is 54.7. The van der Waals surface area contributed by atoms with Crippen molar-refractivity contribution in [3.8, 4) is 17.5 Å². The first-order valence-electron chi connectivity index (χ1n) is 18.2. The molecular weight excluding hydrogens is 967 g/mol. The molecule has 0 radical (unpaired) electrons. The summed E-state index contributed by atoms with van der Waals surface area (Å²) in [6.07, 6.45) is 0. The Kier molecular flexibility index (Phi) is 15.9. The number of phenolic OH excluding ortho intramolecular Hbond substituents is 1. The molecule has 0 saturated carbocycles. The van der Waals surface area contributed by atoms with Gasteiger partial charge in [0, 0.05) is 44.8 Å². The van der Waals surface area contributed by atoms with E-state index in [9.17, 15) is 23.2 Å². The number of aromatic hydroxyl groups is 2. The number of rotatable bonds is 20. The summed E-state index contributed by atoms with van der Waals surface area (Å²) in [4.78, 5) is 12.2. The van der Waals surface area contributed by atoms with Crippen LogP contribution in [0.25, 0.3) is 21.5 Å². The SMILES string of the molecule is CNc1nc(O)nc(Nc2ccc3c(O)c(N=Nc4c(OC)cc(N=Nc5ccc(N=Nc6ccc(SOOO)cc6)cc5S(=O)(=O)O)c5cc(SOOO)ccc45)c(SOOO)cc3c2)n1. The van der Waals surface area contributed by atoms with Gasteiger partial charge in [-0.1, -0.05) is 21.2 Å². The topological polar surface area (TPSA) is 357 Å². The number of methoxy groups -OCH3 is 1. The maximum absolute atomic E-state index is 12.6. The van der Waals surface area contributed by atoms with Gasteiger partial charge in [0.25, 0.3) is 10.1 Å². The van der Waals surface area contributed by atoms with Crippen LogP contribution in [0.3, 0.4) is 0 Å². The Hall–Kier alpha value is -6.75. The van der Waals surface area contributed by atoms with Crippen LogP contribution in [0, 0.1) is 0 Å². The number of hydrogen-bond donors (Lipinski definition) is 8. The van der Waals surface area contributed by atoms with Crippen LogP contribution in [0.15, 0.2) is 141 Å². The van der Waals surface area contributed by atoms with E-state index >= 15 is 0 Å². The minimum atomic E-state index is -4.90. The highest BCUT2D eigenvalue weighted by molar-refractivity contribution is 7.95. The van der Waals surface area contributed by atoms with Gasteiger partial charge in [-0.2, -0.15) is 33.6 Å². The number of azo groups is 3. The molecule has 0 aliphatic carbocycles. The van der Waals surface area contributed by atoms with Gasteiger partial charge < -0.3 is 25.6 Å². The highest BCUT2D eigenvalue weighted by Crippen LogP contribution is 2.48. The van der Waals surface area contributed by atoms with E-state index < -0.39 is 21.0 Å². The third-order valence-electron chi connectivity index (χ3n) is 8.73. The Bertz CT molecular complexity index is 3140. The summed E-state index contributed by atoms with van der Waals surface area (Å²) in [5.41, 5.74) is 0.615. The monoisotopic (exact) mass is 995 g/mol. The number of nitrogens with one attached hydrogen (secondary N) is 2. The molecule has 30 heteroatoms. The Morgan fingerprint density at radius 3 is 1.97 bits per heavy atom. The van der Waals surface area contributed by atoms with Crippen LogP contribution in [0.2, 0.25) is 0 Å². The van der Waals surface area contributed by atoms with E-state index in [1.165, 1.54) is 25.3 Å². The van der Waals surface area contributed by atoms with Crippen molar-refractivity contribution < 1.29 is 71.8 Å².